The van der Waals surface area contributed by atoms with Crippen molar-refractivity contribution in [1.82, 2.24) is 4.98 Å². The zero-order valence-electron chi connectivity index (χ0n) is 14.7. The number of hydrogen-bond donors (Lipinski definition) is 0. The van der Waals surface area contributed by atoms with E-state index in [-0.39, 0.29) is 12.5 Å². The van der Waals surface area contributed by atoms with Crippen LogP contribution in [0.3, 0.4) is 0 Å². The number of ether oxygens (including phenoxy) is 1. The number of thiazole rings is 1. The molecule has 4 aromatic rings. The molecule has 0 bridgehead atoms. The van der Waals surface area contributed by atoms with Gasteiger partial charge in [0.2, 0.25) is 0 Å². The molecule has 0 saturated heterocycles. The number of nitrogens with zero attached hydrogens (tertiary/aromatic N) is 2. The summed E-state index contributed by atoms with van der Waals surface area (Å²) in [5.74, 6) is 1.01. The van der Waals surface area contributed by atoms with Gasteiger partial charge in [0.1, 0.15) is 17.0 Å². The Morgan fingerprint density at radius 3 is 2.64 bits per heavy atom. The van der Waals surface area contributed by atoms with E-state index in [1.54, 1.807) is 60.7 Å². The van der Waals surface area contributed by atoms with Gasteiger partial charge in [-0.1, -0.05) is 34.5 Å². The number of aromatic nitrogens is 1. The number of hydrogen-bond acceptors (Lipinski definition) is 5. The Hall–Kier alpha value is -2.54. The fourth-order valence-corrected chi connectivity index (χ4v) is 4.13. The van der Waals surface area contributed by atoms with Crippen LogP contribution in [0.2, 0.25) is 10.0 Å². The Labute approximate surface area is 175 Å². The third-order valence-electron chi connectivity index (χ3n) is 4.13. The predicted octanol–water partition coefficient (Wildman–Crippen LogP) is 6.05. The molecule has 2 heterocycles. The van der Waals surface area contributed by atoms with Crippen LogP contribution in [0.25, 0.3) is 10.2 Å². The Kier molecular flexibility index (Phi) is 5.26. The maximum absolute atomic E-state index is 13.2. The second-order valence-electron chi connectivity index (χ2n) is 5.90. The molecule has 0 aliphatic carbocycles. The summed E-state index contributed by atoms with van der Waals surface area (Å²) >= 11 is 13.6. The number of benzene rings is 2. The van der Waals surface area contributed by atoms with Gasteiger partial charge in [-0.25, -0.2) is 4.98 Å². The lowest BCUT2D eigenvalue weighted by Crippen LogP contribution is -2.30. The number of furan rings is 1. The summed E-state index contributed by atoms with van der Waals surface area (Å²) < 4.78 is 11.6. The summed E-state index contributed by atoms with van der Waals surface area (Å²) in [6, 6.07) is 13.8. The van der Waals surface area contributed by atoms with Gasteiger partial charge in [0.25, 0.3) is 5.91 Å². The lowest BCUT2D eigenvalue weighted by atomic mass is 10.2. The molecule has 5 nitrogen and oxygen atoms in total. The zero-order chi connectivity index (χ0) is 19.7. The molecule has 0 atom stereocenters. The van der Waals surface area contributed by atoms with E-state index in [1.165, 1.54) is 11.3 Å². The van der Waals surface area contributed by atoms with Gasteiger partial charge in [0.05, 0.1) is 29.6 Å². The SMILES string of the molecule is COc1ccc(Cl)c2sc(N(Cc3ccco3)C(=O)c3ccc(Cl)cc3)nc12. The maximum atomic E-state index is 13.2. The van der Waals surface area contributed by atoms with Crippen LogP contribution in [0.15, 0.2) is 59.2 Å². The van der Waals surface area contributed by atoms with Gasteiger partial charge in [-0.05, 0) is 48.5 Å². The van der Waals surface area contributed by atoms with E-state index in [9.17, 15) is 4.79 Å². The molecular weight excluding hydrogens is 419 g/mol. The van der Waals surface area contributed by atoms with Crippen molar-refractivity contribution >= 4 is 55.8 Å². The molecule has 142 valence electrons. The van der Waals surface area contributed by atoms with E-state index in [4.69, 9.17) is 32.4 Å². The highest BCUT2D eigenvalue weighted by Crippen LogP contribution is 2.39. The summed E-state index contributed by atoms with van der Waals surface area (Å²) in [4.78, 5) is 19.4. The molecule has 0 radical (unpaired) electrons. The molecule has 0 aliphatic heterocycles. The molecule has 0 aliphatic rings. The van der Waals surface area contributed by atoms with Gasteiger partial charge < -0.3 is 9.15 Å². The molecule has 0 saturated carbocycles. The summed E-state index contributed by atoms with van der Waals surface area (Å²) in [7, 11) is 1.57. The number of carbonyl (C=O) groups excluding carboxylic acids is 1. The third-order valence-corrected chi connectivity index (χ3v) is 5.92. The maximum Gasteiger partial charge on any atom is 0.260 e. The highest BCUT2D eigenvalue weighted by Gasteiger charge is 2.24. The highest BCUT2D eigenvalue weighted by molar-refractivity contribution is 7.23. The lowest BCUT2D eigenvalue weighted by Gasteiger charge is -2.18. The summed E-state index contributed by atoms with van der Waals surface area (Å²) in [6.45, 7) is 0.230. The van der Waals surface area contributed by atoms with Crippen molar-refractivity contribution in [3.8, 4) is 5.75 Å². The summed E-state index contributed by atoms with van der Waals surface area (Å²) in [5.41, 5.74) is 1.11. The predicted molar refractivity (Wildman–Crippen MR) is 112 cm³/mol. The molecule has 2 aromatic carbocycles. The lowest BCUT2D eigenvalue weighted by molar-refractivity contribution is 0.0983. The second kappa shape index (κ2) is 7.83. The fourth-order valence-electron chi connectivity index (χ4n) is 2.75. The van der Waals surface area contributed by atoms with Crippen molar-refractivity contribution in [3.05, 3.63) is 76.2 Å². The fraction of sp³-hybridized carbons (Fsp3) is 0.100. The number of rotatable bonds is 5. The first-order valence-corrected chi connectivity index (χ1v) is 9.87. The number of amides is 1. The van der Waals surface area contributed by atoms with Crippen molar-refractivity contribution in [2.24, 2.45) is 0 Å². The van der Waals surface area contributed by atoms with E-state index in [0.29, 0.717) is 37.8 Å². The van der Waals surface area contributed by atoms with Crippen LogP contribution >= 0.6 is 34.5 Å². The van der Waals surface area contributed by atoms with Crippen molar-refractivity contribution in [3.63, 3.8) is 0 Å². The first-order chi connectivity index (χ1) is 13.6. The monoisotopic (exact) mass is 432 g/mol. The third kappa shape index (κ3) is 3.58. The minimum Gasteiger partial charge on any atom is -0.494 e. The van der Waals surface area contributed by atoms with Crippen LogP contribution < -0.4 is 9.64 Å². The van der Waals surface area contributed by atoms with Gasteiger partial charge in [0.15, 0.2) is 5.13 Å². The molecule has 0 N–H and O–H groups in total. The van der Waals surface area contributed by atoms with E-state index in [1.807, 2.05) is 6.07 Å². The number of fused-ring (bicyclic) bond motifs is 1. The number of carbonyl (C=O) groups is 1. The van der Waals surface area contributed by atoms with Crippen LogP contribution in [0, 0.1) is 0 Å². The number of methoxy groups -OCH3 is 1. The Bertz CT molecular complexity index is 1120. The van der Waals surface area contributed by atoms with Crippen LogP contribution in [-0.4, -0.2) is 18.0 Å². The van der Waals surface area contributed by atoms with Crippen LogP contribution in [-0.2, 0) is 6.54 Å². The van der Waals surface area contributed by atoms with E-state index in [0.717, 1.165) is 4.70 Å². The van der Waals surface area contributed by atoms with Crippen molar-refractivity contribution in [2.45, 2.75) is 6.54 Å². The minimum absolute atomic E-state index is 0.220. The van der Waals surface area contributed by atoms with Crippen molar-refractivity contribution < 1.29 is 13.9 Å². The normalized spacial score (nSPS) is 11.0. The molecule has 0 spiro atoms. The quantitative estimate of drug-likeness (QED) is 0.384. The summed E-state index contributed by atoms with van der Waals surface area (Å²) in [5, 5.41) is 1.61. The first kappa shape index (κ1) is 18.8. The molecule has 8 heteroatoms. The van der Waals surface area contributed by atoms with Gasteiger partial charge in [-0.2, -0.15) is 0 Å². The smallest absolute Gasteiger partial charge is 0.260 e. The number of anilines is 1. The standard InChI is InChI=1S/C20H14Cl2N2O3S/c1-26-16-9-8-15(22)18-17(16)23-20(28-18)24(11-14-3-2-10-27-14)19(25)12-4-6-13(21)7-5-12/h2-10H,11H2,1H3. The molecule has 1 amide bonds. The molecule has 2 aromatic heterocycles. The van der Waals surface area contributed by atoms with Gasteiger partial charge >= 0.3 is 0 Å². The van der Waals surface area contributed by atoms with Crippen LogP contribution in [0.5, 0.6) is 5.75 Å². The molecular formula is C20H14Cl2N2O3S. The molecule has 4 rings (SSSR count). The van der Waals surface area contributed by atoms with Crippen LogP contribution in [0.1, 0.15) is 16.1 Å². The molecule has 28 heavy (non-hydrogen) atoms. The van der Waals surface area contributed by atoms with Gasteiger partial charge in [0, 0.05) is 10.6 Å². The summed E-state index contributed by atoms with van der Waals surface area (Å²) in [6.07, 6.45) is 1.57. The zero-order valence-corrected chi connectivity index (χ0v) is 17.0. The molecule has 0 unspecified atom stereocenters. The van der Waals surface area contributed by atoms with Crippen molar-refractivity contribution in [2.75, 3.05) is 12.0 Å². The van der Waals surface area contributed by atoms with Gasteiger partial charge in [-0.15, -0.1) is 0 Å². The topological polar surface area (TPSA) is 55.6 Å². The Balaban J connectivity index is 1.81. The average molecular weight is 433 g/mol. The van der Waals surface area contributed by atoms with Crippen molar-refractivity contribution in [1.29, 1.82) is 0 Å². The number of halogens is 2. The van der Waals surface area contributed by atoms with Crippen LogP contribution in [0.4, 0.5) is 5.13 Å². The Morgan fingerprint density at radius 2 is 1.96 bits per heavy atom. The highest BCUT2D eigenvalue weighted by atomic mass is 35.5. The van der Waals surface area contributed by atoms with E-state index < -0.39 is 0 Å². The second-order valence-corrected chi connectivity index (χ2v) is 7.72. The van der Waals surface area contributed by atoms with Gasteiger partial charge in [-0.3, -0.25) is 9.69 Å². The average Bonchev–Trinajstić information content (AvgIpc) is 3.37. The Morgan fingerprint density at radius 1 is 1.18 bits per heavy atom. The van der Waals surface area contributed by atoms with E-state index >= 15 is 0 Å². The van der Waals surface area contributed by atoms with E-state index in [2.05, 4.69) is 4.98 Å². The largest absolute Gasteiger partial charge is 0.494 e. The minimum atomic E-state index is -0.220. The molecule has 0 fully saturated rings. The first-order valence-electron chi connectivity index (χ1n) is 8.29.